The molecule has 2 fully saturated rings. The highest BCUT2D eigenvalue weighted by molar-refractivity contribution is 4.96. The molecule has 4 N–H and O–H groups in total. The summed E-state index contributed by atoms with van der Waals surface area (Å²) in [6.45, 7) is 0. The molecule has 26 heavy (non-hydrogen) atoms. The Kier molecular flexibility index (Phi) is 8.16. The van der Waals surface area contributed by atoms with Gasteiger partial charge in [-0.3, -0.25) is 0 Å². The molecule has 0 radical (unpaired) electrons. The topological polar surface area (TPSA) is 136 Å². The lowest BCUT2D eigenvalue weighted by Gasteiger charge is -2.23. The van der Waals surface area contributed by atoms with Gasteiger partial charge >= 0.3 is 0 Å². The normalized spacial score (nSPS) is 40.8. The van der Waals surface area contributed by atoms with Crippen LogP contribution in [0.3, 0.4) is 0 Å². The molecule has 0 amide bonds. The molecule has 0 unspecified atom stereocenters. The number of methoxy groups -OCH3 is 4. The van der Waals surface area contributed by atoms with Crippen molar-refractivity contribution in [1.82, 2.24) is 0 Å². The Morgan fingerprint density at radius 2 is 0.923 bits per heavy atom. The zero-order chi connectivity index (χ0) is 19.4. The van der Waals surface area contributed by atoms with Crippen LogP contribution in [0.2, 0.25) is 0 Å². The largest absolute Gasteiger partial charge is 0.388 e. The van der Waals surface area contributed by atoms with E-state index in [2.05, 4.69) is 0 Å². The number of hydrogen-bond donors (Lipinski definition) is 4. The second-order valence-electron chi connectivity index (χ2n) is 6.50. The number of hydrogen-bond acceptors (Lipinski definition) is 10. The minimum absolute atomic E-state index is 0.292. The molecular weight excluding hydrogens is 352 g/mol. The molecule has 0 aromatic carbocycles. The van der Waals surface area contributed by atoms with E-state index in [1.54, 1.807) is 0 Å². The van der Waals surface area contributed by atoms with Crippen LogP contribution in [-0.2, 0) is 28.4 Å². The van der Waals surface area contributed by atoms with Crippen molar-refractivity contribution in [2.75, 3.05) is 28.4 Å². The summed E-state index contributed by atoms with van der Waals surface area (Å²) >= 11 is 0. The summed E-state index contributed by atoms with van der Waals surface area (Å²) in [5.41, 5.74) is 0. The Bertz CT molecular complexity index is 378. The van der Waals surface area contributed by atoms with Gasteiger partial charge in [-0.05, 0) is 12.8 Å². The Morgan fingerprint density at radius 3 is 1.19 bits per heavy atom. The zero-order valence-corrected chi connectivity index (χ0v) is 15.4. The summed E-state index contributed by atoms with van der Waals surface area (Å²) in [4.78, 5) is 0. The third-order valence-corrected chi connectivity index (χ3v) is 5.00. The van der Waals surface area contributed by atoms with Gasteiger partial charge in [0.1, 0.15) is 36.6 Å². The van der Waals surface area contributed by atoms with Crippen molar-refractivity contribution in [1.29, 1.82) is 0 Å². The van der Waals surface area contributed by atoms with Gasteiger partial charge in [-0.25, -0.2) is 0 Å². The first-order valence-corrected chi connectivity index (χ1v) is 8.53. The Balaban J connectivity index is 1.92. The molecule has 0 aliphatic carbocycles. The van der Waals surface area contributed by atoms with Crippen molar-refractivity contribution in [3.05, 3.63) is 0 Å². The first kappa shape index (κ1) is 21.9. The molecule has 10 heteroatoms. The van der Waals surface area contributed by atoms with Crippen molar-refractivity contribution >= 4 is 0 Å². The number of ether oxygens (including phenoxy) is 6. The molecule has 0 aromatic heterocycles. The van der Waals surface area contributed by atoms with E-state index in [0.717, 1.165) is 0 Å². The molecule has 0 saturated carbocycles. The molecule has 0 aromatic rings. The fourth-order valence-electron chi connectivity index (χ4n) is 3.54. The Hall–Kier alpha value is -0.400. The second-order valence-corrected chi connectivity index (χ2v) is 6.50. The lowest BCUT2D eigenvalue weighted by molar-refractivity contribution is -0.195. The summed E-state index contributed by atoms with van der Waals surface area (Å²) in [5, 5.41) is 40.7. The summed E-state index contributed by atoms with van der Waals surface area (Å²) in [5.74, 6) is 0. The van der Waals surface area contributed by atoms with Gasteiger partial charge in [-0.1, -0.05) is 0 Å². The maximum Gasteiger partial charge on any atom is 0.185 e. The van der Waals surface area contributed by atoms with Gasteiger partial charge in [-0.2, -0.15) is 0 Å². The van der Waals surface area contributed by atoms with E-state index in [0.29, 0.717) is 12.8 Å². The Labute approximate surface area is 152 Å². The van der Waals surface area contributed by atoms with Crippen LogP contribution in [0.4, 0.5) is 0 Å². The molecule has 8 atom stereocenters. The predicted molar refractivity (Wildman–Crippen MR) is 86.2 cm³/mol. The summed E-state index contributed by atoms with van der Waals surface area (Å²) in [6, 6.07) is 0. The van der Waals surface area contributed by atoms with Crippen LogP contribution in [0, 0.1) is 0 Å². The summed E-state index contributed by atoms with van der Waals surface area (Å²) in [7, 11) is 5.65. The SMILES string of the molecule is COC(OC)[C@H]1O[C@@H](CC[C@@H]2O[C@H](C(OC)OC)[C@@H](O)[C@@H]2O)[C@@H](O)[C@@H]1O. The van der Waals surface area contributed by atoms with Gasteiger partial charge in [0.15, 0.2) is 12.6 Å². The zero-order valence-electron chi connectivity index (χ0n) is 15.4. The second kappa shape index (κ2) is 9.69. The average Bonchev–Trinajstić information content (AvgIpc) is 3.08. The highest BCUT2D eigenvalue weighted by Crippen LogP contribution is 2.32. The molecule has 2 rings (SSSR count). The minimum atomic E-state index is -1.16. The van der Waals surface area contributed by atoms with E-state index in [9.17, 15) is 20.4 Å². The molecule has 10 nitrogen and oxygen atoms in total. The van der Waals surface area contributed by atoms with Crippen LogP contribution in [0.1, 0.15) is 12.8 Å². The molecule has 2 aliphatic rings. The molecule has 2 aliphatic heterocycles. The van der Waals surface area contributed by atoms with E-state index in [1.807, 2.05) is 0 Å². The lowest BCUT2D eigenvalue weighted by Crippen LogP contribution is -2.40. The predicted octanol–water partition coefficient (Wildman–Crippen LogP) is -2.02. The lowest BCUT2D eigenvalue weighted by atomic mass is 9.99. The minimum Gasteiger partial charge on any atom is -0.388 e. The fourth-order valence-corrected chi connectivity index (χ4v) is 3.54. The van der Waals surface area contributed by atoms with Crippen molar-refractivity contribution in [2.24, 2.45) is 0 Å². The maximum atomic E-state index is 10.2. The summed E-state index contributed by atoms with van der Waals surface area (Å²) < 4.78 is 31.7. The van der Waals surface area contributed by atoms with Crippen LogP contribution in [0.15, 0.2) is 0 Å². The van der Waals surface area contributed by atoms with Crippen LogP contribution >= 0.6 is 0 Å². The highest BCUT2D eigenvalue weighted by atomic mass is 16.7. The number of aliphatic hydroxyl groups is 4. The van der Waals surface area contributed by atoms with Crippen LogP contribution in [0.5, 0.6) is 0 Å². The van der Waals surface area contributed by atoms with Crippen molar-refractivity contribution in [3.8, 4) is 0 Å². The first-order chi connectivity index (χ1) is 12.4. The Morgan fingerprint density at radius 1 is 0.615 bits per heavy atom. The fraction of sp³-hybridized carbons (Fsp3) is 1.00. The molecule has 154 valence electrons. The van der Waals surface area contributed by atoms with Gasteiger partial charge in [0.2, 0.25) is 0 Å². The third-order valence-electron chi connectivity index (χ3n) is 5.00. The molecular formula is C16H30O10. The summed E-state index contributed by atoms with van der Waals surface area (Å²) in [6.07, 6.45) is -8.65. The van der Waals surface area contributed by atoms with Crippen molar-refractivity contribution < 1.29 is 48.8 Å². The standard InChI is InChI=1S/C16H30O10/c1-21-15(22-2)13-11(19)9(17)7(25-13)5-6-8-10(18)12(20)14(26-8)16(23-3)24-4/h7-20H,5-6H2,1-4H3/t7-,8-,9+,10+,11-,12-,13-,14-/m0/s1. The molecule has 0 bridgehead atoms. The molecule has 2 heterocycles. The number of rotatable bonds is 9. The van der Waals surface area contributed by atoms with Gasteiger partial charge in [0, 0.05) is 28.4 Å². The van der Waals surface area contributed by atoms with E-state index in [4.69, 9.17) is 28.4 Å². The average molecular weight is 382 g/mol. The van der Waals surface area contributed by atoms with Gasteiger partial charge in [-0.15, -0.1) is 0 Å². The van der Waals surface area contributed by atoms with E-state index in [-0.39, 0.29) is 0 Å². The van der Waals surface area contributed by atoms with Crippen LogP contribution < -0.4 is 0 Å². The monoisotopic (exact) mass is 382 g/mol. The van der Waals surface area contributed by atoms with Gasteiger partial charge in [0.25, 0.3) is 0 Å². The quantitative estimate of drug-likeness (QED) is 0.331. The van der Waals surface area contributed by atoms with Gasteiger partial charge in [0.05, 0.1) is 12.2 Å². The molecule has 2 saturated heterocycles. The highest BCUT2D eigenvalue weighted by Gasteiger charge is 2.49. The third kappa shape index (κ3) is 4.36. The van der Waals surface area contributed by atoms with Crippen molar-refractivity contribution in [2.45, 2.75) is 74.3 Å². The number of aliphatic hydroxyl groups excluding tert-OH is 4. The van der Waals surface area contributed by atoms with E-state index < -0.39 is 61.4 Å². The first-order valence-electron chi connectivity index (χ1n) is 8.53. The van der Waals surface area contributed by atoms with E-state index in [1.165, 1.54) is 28.4 Å². The van der Waals surface area contributed by atoms with Crippen LogP contribution in [0.25, 0.3) is 0 Å². The van der Waals surface area contributed by atoms with Gasteiger partial charge < -0.3 is 48.8 Å². The van der Waals surface area contributed by atoms with E-state index >= 15 is 0 Å². The van der Waals surface area contributed by atoms with Crippen molar-refractivity contribution in [3.63, 3.8) is 0 Å². The molecule has 0 spiro atoms. The maximum absolute atomic E-state index is 10.2. The van der Waals surface area contributed by atoms with Crippen LogP contribution in [-0.4, -0.2) is 110 Å². The smallest absolute Gasteiger partial charge is 0.185 e.